The highest BCUT2D eigenvalue weighted by Crippen LogP contribution is 2.22. The Morgan fingerprint density at radius 3 is 2.78 bits per heavy atom. The second-order valence-electron chi connectivity index (χ2n) is 3.64. The van der Waals surface area contributed by atoms with Gasteiger partial charge in [0.2, 0.25) is 0 Å². The summed E-state index contributed by atoms with van der Waals surface area (Å²) in [4.78, 5) is 11.7. The van der Waals surface area contributed by atoms with E-state index >= 15 is 0 Å². The molecule has 1 aromatic carbocycles. The van der Waals surface area contributed by atoms with E-state index in [1.165, 1.54) is 6.08 Å². The molecule has 0 aliphatic carbocycles. The first-order chi connectivity index (χ1) is 8.72. The number of aromatic nitrogens is 1. The largest absolute Gasteiger partial charge is 0.458 e. The van der Waals surface area contributed by atoms with Crippen LogP contribution in [0.15, 0.2) is 55.4 Å². The molecule has 0 aliphatic rings. The van der Waals surface area contributed by atoms with Gasteiger partial charge in [0.05, 0.1) is 16.3 Å². The number of nitrogens with zero attached hydrogens (tertiary/aromatic N) is 1. The summed E-state index contributed by atoms with van der Waals surface area (Å²) >= 11 is 6.11. The highest BCUT2D eigenvalue weighted by atomic mass is 35.5. The molecular formula is C14H12ClNO2. The molecule has 92 valence electrons. The predicted molar refractivity (Wildman–Crippen MR) is 71.3 cm³/mol. The number of hydrogen-bond acceptors (Lipinski definition) is 2. The molecule has 0 saturated heterocycles. The molecule has 0 bridgehead atoms. The molecule has 0 amide bonds. The van der Waals surface area contributed by atoms with Gasteiger partial charge >= 0.3 is 5.97 Å². The summed E-state index contributed by atoms with van der Waals surface area (Å²) in [5.74, 6) is -0.389. The first kappa shape index (κ1) is 12.5. The van der Waals surface area contributed by atoms with Gasteiger partial charge in [-0.2, -0.15) is 0 Å². The zero-order valence-corrected chi connectivity index (χ0v) is 10.4. The van der Waals surface area contributed by atoms with Crippen LogP contribution in [0.1, 0.15) is 10.4 Å². The summed E-state index contributed by atoms with van der Waals surface area (Å²) in [5.41, 5.74) is 1.21. The monoisotopic (exact) mass is 261 g/mol. The maximum Gasteiger partial charge on any atom is 0.338 e. The number of ether oxygens (including phenoxy) is 1. The zero-order chi connectivity index (χ0) is 13.0. The lowest BCUT2D eigenvalue weighted by Crippen LogP contribution is -2.06. The molecule has 0 aliphatic heterocycles. The molecule has 2 aromatic rings. The molecular weight excluding hydrogens is 250 g/mol. The minimum Gasteiger partial charge on any atom is -0.458 e. The fourth-order valence-corrected chi connectivity index (χ4v) is 1.77. The van der Waals surface area contributed by atoms with E-state index in [0.29, 0.717) is 10.6 Å². The normalized spacial score (nSPS) is 10.1. The van der Waals surface area contributed by atoms with Crippen LogP contribution in [0.4, 0.5) is 0 Å². The maximum absolute atomic E-state index is 11.7. The van der Waals surface area contributed by atoms with E-state index < -0.39 is 0 Å². The van der Waals surface area contributed by atoms with E-state index in [4.69, 9.17) is 16.3 Å². The first-order valence-corrected chi connectivity index (χ1v) is 5.81. The number of esters is 1. The predicted octanol–water partition coefficient (Wildman–Crippen LogP) is 3.47. The first-order valence-electron chi connectivity index (χ1n) is 5.43. The lowest BCUT2D eigenvalue weighted by Gasteiger charge is -2.08. The number of benzene rings is 1. The second kappa shape index (κ2) is 5.56. The fourth-order valence-electron chi connectivity index (χ4n) is 1.55. The highest BCUT2D eigenvalue weighted by Gasteiger charge is 2.10. The van der Waals surface area contributed by atoms with E-state index in [1.807, 2.05) is 29.1 Å². The molecule has 3 nitrogen and oxygen atoms in total. The van der Waals surface area contributed by atoms with Crippen molar-refractivity contribution in [2.24, 2.45) is 0 Å². The number of hydrogen-bond donors (Lipinski definition) is 0. The SMILES string of the molecule is C=CCOC(=O)c1ccc(Cl)c(-n2cccc2)c1. The third-order valence-corrected chi connectivity index (χ3v) is 2.72. The quantitative estimate of drug-likeness (QED) is 0.623. The van der Waals surface area contributed by atoms with Gasteiger partial charge in [0.1, 0.15) is 6.61 Å². The van der Waals surface area contributed by atoms with Gasteiger partial charge in [-0.3, -0.25) is 0 Å². The van der Waals surface area contributed by atoms with Crippen LogP contribution < -0.4 is 0 Å². The van der Waals surface area contributed by atoms with Crippen LogP contribution in [-0.2, 0) is 4.74 Å². The van der Waals surface area contributed by atoms with Crippen LogP contribution in [0.5, 0.6) is 0 Å². The van der Waals surface area contributed by atoms with Crippen LogP contribution in [0.2, 0.25) is 5.02 Å². The van der Waals surface area contributed by atoms with Crippen LogP contribution >= 0.6 is 11.6 Å². The van der Waals surface area contributed by atoms with E-state index in [2.05, 4.69) is 6.58 Å². The molecule has 2 rings (SSSR count). The van der Waals surface area contributed by atoms with Gasteiger partial charge < -0.3 is 9.30 Å². The molecule has 0 atom stereocenters. The van der Waals surface area contributed by atoms with Crippen molar-refractivity contribution in [3.63, 3.8) is 0 Å². The summed E-state index contributed by atoms with van der Waals surface area (Å²) in [5, 5.41) is 0.575. The van der Waals surface area contributed by atoms with Gasteiger partial charge in [0, 0.05) is 12.4 Å². The van der Waals surface area contributed by atoms with Crippen molar-refractivity contribution in [2.45, 2.75) is 0 Å². The van der Waals surface area contributed by atoms with Gasteiger partial charge in [-0.1, -0.05) is 24.3 Å². The molecule has 0 N–H and O–H groups in total. The summed E-state index contributed by atoms with van der Waals surface area (Å²) in [6, 6.07) is 8.80. The smallest absolute Gasteiger partial charge is 0.338 e. The minimum absolute atomic E-state index is 0.195. The van der Waals surface area contributed by atoms with E-state index in [0.717, 1.165) is 5.69 Å². The van der Waals surface area contributed by atoms with Crippen LogP contribution in [0, 0.1) is 0 Å². The summed E-state index contributed by atoms with van der Waals surface area (Å²) in [6.07, 6.45) is 5.25. The molecule has 0 saturated carbocycles. The van der Waals surface area contributed by atoms with Gasteiger partial charge in [-0.25, -0.2) is 4.79 Å². The molecule has 0 spiro atoms. The number of carbonyl (C=O) groups is 1. The Balaban J connectivity index is 2.32. The number of rotatable bonds is 4. The Labute approximate surface area is 110 Å². The van der Waals surface area contributed by atoms with Crippen molar-refractivity contribution in [1.29, 1.82) is 0 Å². The molecule has 4 heteroatoms. The molecule has 1 aromatic heterocycles. The Morgan fingerprint density at radius 2 is 2.11 bits per heavy atom. The van der Waals surface area contributed by atoms with Gasteiger partial charge in [0.15, 0.2) is 0 Å². The van der Waals surface area contributed by atoms with Crippen LogP contribution in [-0.4, -0.2) is 17.1 Å². The van der Waals surface area contributed by atoms with Gasteiger partial charge in [-0.05, 0) is 30.3 Å². The van der Waals surface area contributed by atoms with Gasteiger partial charge in [-0.15, -0.1) is 0 Å². The molecule has 18 heavy (non-hydrogen) atoms. The molecule has 0 unspecified atom stereocenters. The van der Waals surface area contributed by atoms with Crippen molar-refractivity contribution < 1.29 is 9.53 Å². The third kappa shape index (κ3) is 2.63. The number of halogens is 1. The topological polar surface area (TPSA) is 31.2 Å². The number of carbonyl (C=O) groups excluding carboxylic acids is 1. The third-order valence-electron chi connectivity index (χ3n) is 2.40. The van der Waals surface area contributed by atoms with Crippen LogP contribution in [0.3, 0.4) is 0 Å². The standard InChI is InChI=1S/C14H12ClNO2/c1-2-9-18-14(17)11-5-6-12(15)13(10-11)16-7-3-4-8-16/h2-8,10H,1,9H2. The lowest BCUT2D eigenvalue weighted by atomic mass is 10.2. The summed E-state index contributed by atoms with van der Waals surface area (Å²) in [7, 11) is 0. The fraction of sp³-hybridized carbons (Fsp3) is 0.0714. The Hall–Kier alpha value is -2.00. The summed E-state index contributed by atoms with van der Waals surface area (Å²) in [6.45, 7) is 3.69. The van der Waals surface area contributed by atoms with E-state index in [-0.39, 0.29) is 12.6 Å². The van der Waals surface area contributed by atoms with E-state index in [1.54, 1.807) is 18.2 Å². The maximum atomic E-state index is 11.7. The van der Waals surface area contributed by atoms with Crippen molar-refractivity contribution in [2.75, 3.05) is 6.61 Å². The average Bonchev–Trinajstić information content (AvgIpc) is 2.90. The van der Waals surface area contributed by atoms with Gasteiger partial charge in [0.25, 0.3) is 0 Å². The van der Waals surface area contributed by atoms with Crippen molar-refractivity contribution in [3.05, 3.63) is 66.0 Å². The zero-order valence-electron chi connectivity index (χ0n) is 9.67. The van der Waals surface area contributed by atoms with Crippen molar-refractivity contribution in [3.8, 4) is 5.69 Å². The van der Waals surface area contributed by atoms with Crippen LogP contribution in [0.25, 0.3) is 5.69 Å². The second-order valence-corrected chi connectivity index (χ2v) is 4.05. The van der Waals surface area contributed by atoms with Crippen molar-refractivity contribution >= 4 is 17.6 Å². The Kier molecular flexibility index (Phi) is 3.85. The molecule has 0 fully saturated rings. The Bertz CT molecular complexity index is 561. The molecule has 1 heterocycles. The Morgan fingerprint density at radius 1 is 1.39 bits per heavy atom. The average molecular weight is 262 g/mol. The summed E-state index contributed by atoms with van der Waals surface area (Å²) < 4.78 is 6.82. The molecule has 0 radical (unpaired) electrons. The lowest BCUT2D eigenvalue weighted by molar-refractivity contribution is 0.0549. The van der Waals surface area contributed by atoms with Crippen molar-refractivity contribution in [1.82, 2.24) is 4.57 Å². The minimum atomic E-state index is -0.389. The highest BCUT2D eigenvalue weighted by molar-refractivity contribution is 6.32. The van der Waals surface area contributed by atoms with E-state index in [9.17, 15) is 4.79 Å².